The van der Waals surface area contributed by atoms with Crippen molar-refractivity contribution in [2.75, 3.05) is 16.4 Å². The van der Waals surface area contributed by atoms with Crippen LogP contribution in [0.15, 0.2) is 89.3 Å². The quantitative estimate of drug-likeness (QED) is 0.302. The van der Waals surface area contributed by atoms with E-state index in [1.54, 1.807) is 18.2 Å². The molecule has 0 radical (unpaired) electrons. The number of hydrogen-bond donors (Lipinski definition) is 3. The second-order valence-electron chi connectivity index (χ2n) is 7.74. The molecule has 2 heterocycles. The summed E-state index contributed by atoms with van der Waals surface area (Å²) >= 11 is 0. The summed E-state index contributed by atoms with van der Waals surface area (Å²) in [6.45, 7) is 0. The van der Waals surface area contributed by atoms with E-state index in [1.165, 1.54) is 0 Å². The first-order chi connectivity index (χ1) is 16.6. The molecule has 0 bridgehead atoms. The molecular formula is C26H22N6O2. The molecule has 8 heteroatoms. The van der Waals surface area contributed by atoms with Crippen LogP contribution in [-0.2, 0) is 12.8 Å². The van der Waals surface area contributed by atoms with Gasteiger partial charge in [-0.1, -0.05) is 48.5 Å². The van der Waals surface area contributed by atoms with Crippen molar-refractivity contribution in [3.05, 3.63) is 96.4 Å². The van der Waals surface area contributed by atoms with Gasteiger partial charge in [0.25, 0.3) is 0 Å². The highest BCUT2D eigenvalue weighted by molar-refractivity contribution is 5.99. The van der Waals surface area contributed by atoms with Crippen LogP contribution in [0, 0.1) is 0 Å². The molecule has 0 atom stereocenters. The molecule has 168 valence electrons. The van der Waals surface area contributed by atoms with Gasteiger partial charge in [0.2, 0.25) is 0 Å². The molecule has 2 aromatic heterocycles. The molecule has 0 spiro atoms. The average molecular weight is 451 g/mol. The van der Waals surface area contributed by atoms with Crippen LogP contribution in [0.4, 0.5) is 22.0 Å². The Kier molecular flexibility index (Phi) is 5.85. The molecule has 0 aliphatic heterocycles. The zero-order chi connectivity index (χ0) is 23.3. The lowest BCUT2D eigenvalue weighted by atomic mass is 10.1. The summed E-state index contributed by atoms with van der Waals surface area (Å²) in [6, 6.07) is 25.9. The number of fused-ring (bicyclic) bond motifs is 1. The minimum Gasteiger partial charge on any atom is -0.441 e. The summed E-state index contributed by atoms with van der Waals surface area (Å²) in [6.07, 6.45) is 1.23. The minimum atomic E-state index is -0.397. The van der Waals surface area contributed by atoms with E-state index < -0.39 is 6.03 Å². The van der Waals surface area contributed by atoms with Gasteiger partial charge >= 0.3 is 6.03 Å². The summed E-state index contributed by atoms with van der Waals surface area (Å²) in [7, 11) is 0. The SMILES string of the molecule is Nc1ccc2nc(CCc3ccccc3NC(=O)Nc3ccc(-c4ccccc4)nn3)oc2c1. The number of rotatable bonds is 6. The van der Waals surface area contributed by atoms with E-state index in [0.29, 0.717) is 41.5 Å². The molecule has 4 N–H and O–H groups in total. The van der Waals surface area contributed by atoms with Crippen molar-refractivity contribution in [1.82, 2.24) is 15.2 Å². The number of aryl methyl sites for hydroxylation is 2. The number of hydrogen-bond acceptors (Lipinski definition) is 6. The smallest absolute Gasteiger partial charge is 0.324 e. The largest absolute Gasteiger partial charge is 0.441 e. The maximum absolute atomic E-state index is 12.6. The van der Waals surface area contributed by atoms with E-state index in [9.17, 15) is 4.79 Å². The van der Waals surface area contributed by atoms with Gasteiger partial charge in [0.1, 0.15) is 5.52 Å². The number of nitrogen functional groups attached to an aromatic ring is 1. The molecular weight excluding hydrogens is 428 g/mol. The van der Waals surface area contributed by atoms with E-state index in [0.717, 1.165) is 22.3 Å². The van der Waals surface area contributed by atoms with Gasteiger partial charge in [-0.25, -0.2) is 9.78 Å². The summed E-state index contributed by atoms with van der Waals surface area (Å²) in [5.74, 6) is 0.981. The number of benzene rings is 3. The molecule has 34 heavy (non-hydrogen) atoms. The van der Waals surface area contributed by atoms with Gasteiger partial charge in [0.05, 0.1) is 5.69 Å². The van der Waals surface area contributed by atoms with E-state index in [-0.39, 0.29) is 0 Å². The Morgan fingerprint density at radius 3 is 2.50 bits per heavy atom. The maximum Gasteiger partial charge on any atom is 0.324 e. The first kappa shape index (κ1) is 21.1. The monoisotopic (exact) mass is 450 g/mol. The second kappa shape index (κ2) is 9.41. The van der Waals surface area contributed by atoms with Crippen LogP contribution >= 0.6 is 0 Å². The van der Waals surface area contributed by atoms with Crippen molar-refractivity contribution < 1.29 is 9.21 Å². The highest BCUT2D eigenvalue weighted by atomic mass is 16.3. The Morgan fingerprint density at radius 2 is 1.68 bits per heavy atom. The van der Waals surface area contributed by atoms with Crippen molar-refractivity contribution >= 4 is 34.3 Å². The molecule has 0 fully saturated rings. The van der Waals surface area contributed by atoms with Crippen LogP contribution in [0.5, 0.6) is 0 Å². The van der Waals surface area contributed by atoms with Crippen LogP contribution in [0.3, 0.4) is 0 Å². The summed E-state index contributed by atoms with van der Waals surface area (Å²) in [5.41, 5.74) is 11.2. The number of nitrogens with zero attached hydrogens (tertiary/aromatic N) is 3. The first-order valence-electron chi connectivity index (χ1n) is 10.8. The third kappa shape index (κ3) is 4.86. The molecule has 0 aliphatic carbocycles. The highest BCUT2D eigenvalue weighted by Crippen LogP contribution is 2.22. The Morgan fingerprint density at radius 1 is 0.853 bits per heavy atom. The molecule has 0 saturated carbocycles. The van der Waals surface area contributed by atoms with E-state index in [4.69, 9.17) is 10.2 Å². The van der Waals surface area contributed by atoms with Crippen LogP contribution in [0.1, 0.15) is 11.5 Å². The third-order valence-corrected chi connectivity index (χ3v) is 5.31. The summed E-state index contributed by atoms with van der Waals surface area (Å²) < 4.78 is 5.81. The Hall–Kier alpha value is -4.72. The predicted octanol–water partition coefficient (Wildman–Crippen LogP) is 5.30. The molecule has 8 nitrogen and oxygen atoms in total. The molecule has 5 aromatic rings. The van der Waals surface area contributed by atoms with E-state index >= 15 is 0 Å². The van der Waals surface area contributed by atoms with Gasteiger partial charge in [-0.15, -0.1) is 10.2 Å². The second-order valence-corrected chi connectivity index (χ2v) is 7.74. The van der Waals surface area contributed by atoms with Gasteiger partial charge in [0.15, 0.2) is 17.3 Å². The van der Waals surface area contributed by atoms with Gasteiger partial charge in [0, 0.05) is 29.4 Å². The van der Waals surface area contributed by atoms with Gasteiger partial charge in [-0.3, -0.25) is 5.32 Å². The van der Waals surface area contributed by atoms with Crippen molar-refractivity contribution in [3.63, 3.8) is 0 Å². The van der Waals surface area contributed by atoms with Crippen molar-refractivity contribution in [2.24, 2.45) is 0 Å². The van der Waals surface area contributed by atoms with Crippen LogP contribution < -0.4 is 16.4 Å². The number of nitrogens with two attached hydrogens (primary N) is 1. The molecule has 5 rings (SSSR count). The van der Waals surface area contributed by atoms with Gasteiger partial charge in [-0.05, 0) is 42.3 Å². The summed E-state index contributed by atoms with van der Waals surface area (Å²) in [5, 5.41) is 13.9. The number of carbonyl (C=O) groups is 1. The van der Waals surface area contributed by atoms with Crippen LogP contribution in [0.2, 0.25) is 0 Å². The fourth-order valence-electron chi connectivity index (χ4n) is 3.63. The first-order valence-corrected chi connectivity index (χ1v) is 10.8. The Bertz CT molecular complexity index is 1430. The fraction of sp³-hybridized carbons (Fsp3) is 0.0769. The normalized spacial score (nSPS) is 10.8. The number of para-hydroxylation sites is 1. The van der Waals surface area contributed by atoms with Crippen molar-refractivity contribution in [3.8, 4) is 11.3 Å². The zero-order valence-electron chi connectivity index (χ0n) is 18.2. The maximum atomic E-state index is 12.6. The predicted molar refractivity (Wildman–Crippen MR) is 132 cm³/mol. The van der Waals surface area contributed by atoms with Crippen LogP contribution in [-0.4, -0.2) is 21.2 Å². The lowest BCUT2D eigenvalue weighted by molar-refractivity contribution is 0.262. The van der Waals surface area contributed by atoms with E-state index in [1.807, 2.05) is 66.7 Å². The molecule has 3 aromatic carbocycles. The lowest BCUT2D eigenvalue weighted by Gasteiger charge is -2.11. The number of oxazole rings is 1. The zero-order valence-corrected chi connectivity index (χ0v) is 18.2. The highest BCUT2D eigenvalue weighted by Gasteiger charge is 2.11. The van der Waals surface area contributed by atoms with Gasteiger partial charge < -0.3 is 15.5 Å². The van der Waals surface area contributed by atoms with Crippen molar-refractivity contribution in [1.29, 1.82) is 0 Å². The topological polar surface area (TPSA) is 119 Å². The molecule has 0 unspecified atom stereocenters. The lowest BCUT2D eigenvalue weighted by Crippen LogP contribution is -2.21. The minimum absolute atomic E-state index is 0.361. The number of amides is 2. The van der Waals surface area contributed by atoms with Crippen molar-refractivity contribution in [2.45, 2.75) is 12.8 Å². The standard InChI is InChI=1S/C26H22N6O2/c27-19-11-12-22-23(16-19)34-25(28-22)15-10-18-8-4-5-9-20(18)29-26(33)30-24-14-13-21(31-32-24)17-6-2-1-3-7-17/h1-9,11-14,16H,10,15,27H2,(H2,29,30,32,33). The number of nitrogens with one attached hydrogen (secondary N) is 2. The van der Waals surface area contributed by atoms with E-state index in [2.05, 4.69) is 25.8 Å². The fourth-order valence-corrected chi connectivity index (χ4v) is 3.63. The molecule has 0 aliphatic rings. The summed E-state index contributed by atoms with van der Waals surface area (Å²) in [4.78, 5) is 17.1. The van der Waals surface area contributed by atoms with Gasteiger partial charge in [-0.2, -0.15) is 0 Å². The Balaban J connectivity index is 1.22. The number of aromatic nitrogens is 3. The number of urea groups is 1. The average Bonchev–Trinajstić information content (AvgIpc) is 3.26. The third-order valence-electron chi connectivity index (χ3n) is 5.31. The number of carbonyl (C=O) groups excluding carboxylic acids is 1. The van der Waals surface area contributed by atoms with Crippen LogP contribution in [0.25, 0.3) is 22.4 Å². The molecule has 2 amide bonds. The molecule has 0 saturated heterocycles. The number of anilines is 3. The Labute approximate surface area is 195 Å².